The van der Waals surface area contributed by atoms with Crippen LogP contribution < -0.4 is 0 Å². The highest BCUT2D eigenvalue weighted by Crippen LogP contribution is 2.68. The smallest absolute Gasteiger partial charge is 0.155 e. The molecule has 0 saturated heterocycles. The van der Waals surface area contributed by atoms with E-state index >= 15 is 0 Å². The van der Waals surface area contributed by atoms with Crippen LogP contribution in [0.25, 0.3) is 0 Å². The molecule has 0 aromatic carbocycles. The molecule has 7 atom stereocenters. The Balaban J connectivity index is 1.72. The Hall–Kier alpha value is -0.920. The molecule has 0 bridgehead atoms. The van der Waals surface area contributed by atoms with Gasteiger partial charge in [-0.05, 0) is 86.0 Å². The molecule has 0 N–H and O–H groups in total. The third-order valence-corrected chi connectivity index (χ3v) is 8.70. The summed E-state index contributed by atoms with van der Waals surface area (Å²) in [7, 11) is 0. The highest BCUT2D eigenvalue weighted by Gasteiger charge is 2.61. The van der Waals surface area contributed by atoms with Crippen LogP contribution in [-0.4, -0.2) is 11.6 Å². The zero-order chi connectivity index (χ0) is 17.3. The standard InChI is InChI=1S/C22H32O2/c1-13-12-22(4)18(14(2)23)7-8-19(22)17-6-5-15-11-16(24)9-10-21(15,3)20(13)17/h11,13,17-20H,5-10,12H2,1-4H3/t13-,17?,18?,19?,20?,21-,22+/m0/s1. The van der Waals surface area contributed by atoms with Crippen LogP contribution in [0.4, 0.5) is 0 Å². The third-order valence-electron chi connectivity index (χ3n) is 8.70. The Morgan fingerprint density at radius 1 is 1.17 bits per heavy atom. The fourth-order valence-corrected chi connectivity index (χ4v) is 7.94. The molecule has 2 heteroatoms. The Morgan fingerprint density at radius 3 is 2.62 bits per heavy atom. The molecule has 132 valence electrons. The van der Waals surface area contributed by atoms with E-state index in [1.54, 1.807) is 0 Å². The van der Waals surface area contributed by atoms with E-state index in [-0.39, 0.29) is 16.7 Å². The van der Waals surface area contributed by atoms with E-state index in [1.807, 2.05) is 13.0 Å². The van der Waals surface area contributed by atoms with E-state index in [2.05, 4.69) is 20.8 Å². The lowest BCUT2D eigenvalue weighted by atomic mass is 9.44. The Kier molecular flexibility index (Phi) is 3.64. The molecule has 0 aromatic rings. The molecule has 0 aliphatic heterocycles. The average Bonchev–Trinajstić information content (AvgIpc) is 2.84. The first-order valence-corrected chi connectivity index (χ1v) is 10.0. The molecule has 0 amide bonds. The Morgan fingerprint density at radius 2 is 1.92 bits per heavy atom. The van der Waals surface area contributed by atoms with Gasteiger partial charge in [0, 0.05) is 12.3 Å². The summed E-state index contributed by atoms with van der Waals surface area (Å²) >= 11 is 0. The van der Waals surface area contributed by atoms with E-state index in [9.17, 15) is 9.59 Å². The van der Waals surface area contributed by atoms with Crippen LogP contribution in [0, 0.1) is 40.4 Å². The Bertz CT molecular complexity index is 617. The highest BCUT2D eigenvalue weighted by molar-refractivity contribution is 5.91. The minimum atomic E-state index is 0.217. The van der Waals surface area contributed by atoms with Crippen molar-refractivity contribution in [2.24, 2.45) is 40.4 Å². The van der Waals surface area contributed by atoms with E-state index in [0.717, 1.165) is 31.6 Å². The number of rotatable bonds is 1. The summed E-state index contributed by atoms with van der Waals surface area (Å²) in [6.45, 7) is 9.10. The van der Waals surface area contributed by atoms with E-state index in [1.165, 1.54) is 24.8 Å². The first-order chi connectivity index (χ1) is 11.3. The molecule has 0 aromatic heterocycles. The fraction of sp³-hybridized carbons (Fsp3) is 0.818. The van der Waals surface area contributed by atoms with Gasteiger partial charge in [0.1, 0.15) is 5.78 Å². The number of allylic oxidation sites excluding steroid dienone is 1. The van der Waals surface area contributed by atoms with Gasteiger partial charge >= 0.3 is 0 Å². The molecule has 24 heavy (non-hydrogen) atoms. The van der Waals surface area contributed by atoms with Crippen molar-refractivity contribution in [3.63, 3.8) is 0 Å². The second-order valence-corrected chi connectivity index (χ2v) is 9.82. The van der Waals surface area contributed by atoms with Crippen molar-refractivity contribution in [1.82, 2.24) is 0 Å². The minimum Gasteiger partial charge on any atom is -0.300 e. The first kappa shape index (κ1) is 16.5. The fourth-order valence-electron chi connectivity index (χ4n) is 7.94. The van der Waals surface area contributed by atoms with Crippen LogP contribution in [0.3, 0.4) is 0 Å². The molecule has 3 saturated carbocycles. The molecule has 3 fully saturated rings. The summed E-state index contributed by atoms with van der Waals surface area (Å²) in [6.07, 6.45) is 9.64. The van der Waals surface area contributed by atoms with Crippen molar-refractivity contribution in [2.75, 3.05) is 0 Å². The number of carbonyl (C=O) groups is 2. The number of ketones is 2. The van der Waals surface area contributed by atoms with E-state index in [0.29, 0.717) is 29.3 Å². The van der Waals surface area contributed by atoms with Crippen molar-refractivity contribution >= 4 is 11.6 Å². The number of hydrogen-bond donors (Lipinski definition) is 0. The van der Waals surface area contributed by atoms with Gasteiger partial charge in [-0.1, -0.05) is 26.3 Å². The van der Waals surface area contributed by atoms with Crippen molar-refractivity contribution < 1.29 is 9.59 Å². The first-order valence-electron chi connectivity index (χ1n) is 10.0. The van der Waals surface area contributed by atoms with Gasteiger partial charge in [-0.3, -0.25) is 9.59 Å². The third kappa shape index (κ3) is 2.07. The van der Waals surface area contributed by atoms with Gasteiger partial charge in [-0.15, -0.1) is 0 Å². The van der Waals surface area contributed by atoms with Crippen molar-refractivity contribution in [3.8, 4) is 0 Å². The molecule has 0 heterocycles. The van der Waals surface area contributed by atoms with Gasteiger partial charge in [-0.2, -0.15) is 0 Å². The minimum absolute atomic E-state index is 0.217. The quantitative estimate of drug-likeness (QED) is 0.681. The summed E-state index contributed by atoms with van der Waals surface area (Å²) < 4.78 is 0. The second-order valence-electron chi connectivity index (χ2n) is 9.82. The van der Waals surface area contributed by atoms with Crippen LogP contribution in [-0.2, 0) is 9.59 Å². The topological polar surface area (TPSA) is 34.1 Å². The molecule has 4 aliphatic carbocycles. The van der Waals surface area contributed by atoms with Crippen LogP contribution in [0.5, 0.6) is 0 Å². The van der Waals surface area contributed by atoms with Gasteiger partial charge < -0.3 is 0 Å². The molecule has 4 aliphatic rings. The van der Waals surface area contributed by atoms with E-state index in [4.69, 9.17) is 0 Å². The lowest BCUT2D eigenvalue weighted by Gasteiger charge is -2.60. The molecule has 0 radical (unpaired) electrons. The van der Waals surface area contributed by atoms with Crippen molar-refractivity contribution in [1.29, 1.82) is 0 Å². The molecule has 2 nitrogen and oxygen atoms in total. The lowest BCUT2D eigenvalue weighted by Crippen LogP contribution is -2.54. The van der Waals surface area contributed by atoms with Gasteiger partial charge in [0.2, 0.25) is 0 Å². The van der Waals surface area contributed by atoms with Gasteiger partial charge in [0.05, 0.1) is 0 Å². The van der Waals surface area contributed by atoms with Crippen LogP contribution in [0.2, 0.25) is 0 Å². The summed E-state index contributed by atoms with van der Waals surface area (Å²) in [5, 5.41) is 0. The summed E-state index contributed by atoms with van der Waals surface area (Å²) in [5.74, 6) is 3.85. The van der Waals surface area contributed by atoms with Gasteiger partial charge in [0.25, 0.3) is 0 Å². The molecule has 4 rings (SSSR count). The maximum atomic E-state index is 12.3. The normalized spacial score (nSPS) is 50.6. The molecule has 0 spiro atoms. The largest absolute Gasteiger partial charge is 0.300 e. The zero-order valence-electron chi connectivity index (χ0n) is 15.7. The van der Waals surface area contributed by atoms with Crippen LogP contribution in [0.15, 0.2) is 11.6 Å². The molecule has 4 unspecified atom stereocenters. The average molecular weight is 328 g/mol. The predicted molar refractivity (Wildman–Crippen MR) is 95.4 cm³/mol. The van der Waals surface area contributed by atoms with Gasteiger partial charge in [0.15, 0.2) is 5.78 Å². The second kappa shape index (κ2) is 5.29. The van der Waals surface area contributed by atoms with Crippen molar-refractivity contribution in [3.05, 3.63) is 11.6 Å². The lowest BCUT2D eigenvalue weighted by molar-refractivity contribution is -0.132. The summed E-state index contributed by atoms with van der Waals surface area (Å²) in [4.78, 5) is 24.2. The summed E-state index contributed by atoms with van der Waals surface area (Å²) in [6, 6.07) is 0. The number of hydrogen-bond acceptors (Lipinski definition) is 2. The number of Topliss-reactive ketones (excluding diaryl/α,β-unsaturated/α-hetero) is 1. The molecular weight excluding hydrogens is 296 g/mol. The van der Waals surface area contributed by atoms with Crippen LogP contribution in [0.1, 0.15) is 72.6 Å². The number of fused-ring (bicyclic) bond motifs is 5. The predicted octanol–water partition coefficient (Wildman–Crippen LogP) is 4.97. The van der Waals surface area contributed by atoms with Crippen molar-refractivity contribution in [2.45, 2.75) is 72.6 Å². The van der Waals surface area contributed by atoms with Crippen LogP contribution >= 0.6 is 0 Å². The maximum absolute atomic E-state index is 12.3. The highest BCUT2D eigenvalue weighted by atomic mass is 16.1. The van der Waals surface area contributed by atoms with Gasteiger partial charge in [-0.25, -0.2) is 0 Å². The zero-order valence-corrected chi connectivity index (χ0v) is 15.7. The monoisotopic (exact) mass is 328 g/mol. The number of carbonyl (C=O) groups excluding carboxylic acids is 2. The summed E-state index contributed by atoms with van der Waals surface area (Å²) in [5.41, 5.74) is 1.89. The Labute approximate surface area is 146 Å². The van der Waals surface area contributed by atoms with E-state index < -0.39 is 0 Å². The maximum Gasteiger partial charge on any atom is 0.155 e. The molecular formula is C22H32O2. The SMILES string of the molecule is CC(=O)C1CCC2C3CCC4=CC(=O)CC[C@]4(C)C3[C@@H](C)C[C@]12C.